The maximum absolute atomic E-state index is 13.8. The third kappa shape index (κ3) is 4.58. The van der Waals surface area contributed by atoms with Crippen LogP contribution in [-0.2, 0) is 4.79 Å². The van der Waals surface area contributed by atoms with Gasteiger partial charge >= 0.3 is 0 Å². The van der Waals surface area contributed by atoms with Gasteiger partial charge in [0.25, 0.3) is 0 Å². The van der Waals surface area contributed by atoms with Crippen molar-refractivity contribution in [3.8, 4) is 0 Å². The zero-order valence-electron chi connectivity index (χ0n) is 20.2. The van der Waals surface area contributed by atoms with Crippen molar-refractivity contribution < 1.29 is 20.1 Å². The maximum Gasteiger partial charge on any atom is 0.146 e. The summed E-state index contributed by atoms with van der Waals surface area (Å²) in [7, 11) is 0. The summed E-state index contributed by atoms with van der Waals surface area (Å²) in [6, 6.07) is 0. The van der Waals surface area contributed by atoms with E-state index in [-0.39, 0.29) is 35.9 Å². The van der Waals surface area contributed by atoms with E-state index in [0.717, 1.165) is 31.3 Å². The lowest BCUT2D eigenvalue weighted by atomic mass is 9.55. The van der Waals surface area contributed by atoms with Crippen LogP contribution in [0.5, 0.6) is 0 Å². The normalized spacial score (nSPS) is 40.1. The molecule has 31 heavy (non-hydrogen) atoms. The number of hydrogen-bond acceptors (Lipinski definition) is 4. The third-order valence-corrected chi connectivity index (χ3v) is 9.27. The van der Waals surface area contributed by atoms with Gasteiger partial charge in [-0.05, 0) is 95.3 Å². The van der Waals surface area contributed by atoms with Crippen molar-refractivity contribution >= 4 is 5.78 Å². The zero-order valence-corrected chi connectivity index (χ0v) is 20.2. The van der Waals surface area contributed by atoms with Crippen LogP contribution in [0.25, 0.3) is 0 Å². The Balaban J connectivity index is 1.85. The lowest BCUT2D eigenvalue weighted by molar-refractivity contribution is -0.137. The summed E-state index contributed by atoms with van der Waals surface area (Å²) >= 11 is 0. The van der Waals surface area contributed by atoms with Crippen molar-refractivity contribution in [1.29, 1.82) is 0 Å². The van der Waals surface area contributed by atoms with E-state index in [1.165, 1.54) is 5.57 Å². The molecule has 0 spiro atoms. The first-order valence-corrected chi connectivity index (χ1v) is 12.4. The molecule has 2 fully saturated rings. The van der Waals surface area contributed by atoms with E-state index >= 15 is 0 Å². The van der Waals surface area contributed by atoms with Crippen LogP contribution < -0.4 is 0 Å². The molecule has 0 amide bonds. The lowest BCUT2D eigenvalue weighted by Crippen LogP contribution is -2.48. The fourth-order valence-electron chi connectivity index (χ4n) is 7.19. The second-order valence-electron chi connectivity index (χ2n) is 11.4. The summed E-state index contributed by atoms with van der Waals surface area (Å²) in [4.78, 5) is 13.8. The molecule has 0 heterocycles. The topological polar surface area (TPSA) is 77.8 Å². The van der Waals surface area contributed by atoms with Gasteiger partial charge in [0.05, 0.1) is 12.2 Å². The Morgan fingerprint density at radius 1 is 1.26 bits per heavy atom. The number of carbonyl (C=O) groups is 1. The van der Waals surface area contributed by atoms with Crippen molar-refractivity contribution in [2.75, 3.05) is 6.61 Å². The van der Waals surface area contributed by atoms with Crippen LogP contribution in [0, 0.1) is 34.5 Å². The molecule has 0 saturated heterocycles. The SMILES string of the molecule is CC(C)=CCC(O)C(C)C1CCC(C2CC=C3CC(O)CCC3(C)C2=O)C1(C)CCO. The summed E-state index contributed by atoms with van der Waals surface area (Å²) in [5.41, 5.74) is 1.76. The van der Waals surface area contributed by atoms with E-state index in [4.69, 9.17) is 0 Å². The number of hydrogen-bond donors (Lipinski definition) is 3. The molecule has 0 bridgehead atoms. The number of aliphatic hydroxyl groups excluding tert-OH is 3. The molecule has 3 aliphatic carbocycles. The summed E-state index contributed by atoms with van der Waals surface area (Å²) in [6.07, 6.45) is 9.77. The number of carbonyl (C=O) groups excluding carboxylic acids is 1. The Labute approximate surface area is 188 Å². The fourth-order valence-corrected chi connectivity index (χ4v) is 7.19. The van der Waals surface area contributed by atoms with Gasteiger partial charge in [-0.3, -0.25) is 4.79 Å². The Bertz CT molecular complexity index is 721. The number of aliphatic hydroxyl groups is 3. The quantitative estimate of drug-likeness (QED) is 0.504. The molecule has 176 valence electrons. The highest BCUT2D eigenvalue weighted by Gasteiger charge is 2.56. The summed E-state index contributed by atoms with van der Waals surface area (Å²) in [5.74, 6) is 0.987. The van der Waals surface area contributed by atoms with Gasteiger partial charge in [0.2, 0.25) is 0 Å². The molecule has 0 aromatic carbocycles. The van der Waals surface area contributed by atoms with E-state index in [9.17, 15) is 20.1 Å². The van der Waals surface area contributed by atoms with Crippen LogP contribution in [0.2, 0.25) is 0 Å². The highest BCUT2D eigenvalue weighted by Crippen LogP contribution is 2.59. The van der Waals surface area contributed by atoms with Gasteiger partial charge in [-0.2, -0.15) is 0 Å². The van der Waals surface area contributed by atoms with Crippen LogP contribution in [-0.4, -0.2) is 39.9 Å². The van der Waals surface area contributed by atoms with Crippen molar-refractivity contribution in [3.63, 3.8) is 0 Å². The largest absolute Gasteiger partial charge is 0.396 e. The van der Waals surface area contributed by atoms with Gasteiger partial charge in [-0.1, -0.05) is 37.1 Å². The van der Waals surface area contributed by atoms with E-state index in [1.54, 1.807) is 0 Å². The van der Waals surface area contributed by atoms with Gasteiger partial charge in [-0.15, -0.1) is 0 Å². The minimum Gasteiger partial charge on any atom is -0.396 e. The van der Waals surface area contributed by atoms with E-state index in [2.05, 4.69) is 46.8 Å². The fraction of sp³-hybridized carbons (Fsp3) is 0.815. The molecule has 0 aromatic rings. The highest BCUT2D eigenvalue weighted by molar-refractivity contribution is 5.91. The predicted octanol–water partition coefficient (Wildman–Crippen LogP) is 4.82. The van der Waals surface area contributed by atoms with Gasteiger partial charge < -0.3 is 15.3 Å². The molecule has 2 saturated carbocycles. The number of Topliss-reactive ketones (excluding diaryl/α,β-unsaturated/α-hetero) is 1. The van der Waals surface area contributed by atoms with Gasteiger partial charge in [0, 0.05) is 17.9 Å². The first-order valence-electron chi connectivity index (χ1n) is 12.4. The van der Waals surface area contributed by atoms with Gasteiger partial charge in [-0.25, -0.2) is 0 Å². The third-order valence-electron chi connectivity index (χ3n) is 9.27. The van der Waals surface area contributed by atoms with E-state index in [1.807, 2.05) is 0 Å². The Morgan fingerprint density at radius 2 is 1.97 bits per heavy atom. The molecule has 4 nitrogen and oxygen atoms in total. The molecule has 0 radical (unpaired) electrons. The number of rotatable bonds is 7. The number of ketones is 1. The van der Waals surface area contributed by atoms with E-state index in [0.29, 0.717) is 37.4 Å². The van der Waals surface area contributed by atoms with Crippen molar-refractivity contribution in [2.24, 2.45) is 34.5 Å². The van der Waals surface area contributed by atoms with Crippen molar-refractivity contribution in [3.05, 3.63) is 23.3 Å². The second-order valence-corrected chi connectivity index (χ2v) is 11.4. The van der Waals surface area contributed by atoms with Gasteiger partial charge in [0.15, 0.2) is 0 Å². The molecule has 3 rings (SSSR count). The number of fused-ring (bicyclic) bond motifs is 1. The molecular weight excluding hydrogens is 388 g/mol. The molecule has 3 aliphatic rings. The average Bonchev–Trinajstić information content (AvgIpc) is 3.04. The monoisotopic (exact) mass is 432 g/mol. The molecule has 0 aromatic heterocycles. The average molecular weight is 433 g/mol. The molecular formula is C27H44O4. The molecule has 8 unspecified atom stereocenters. The van der Waals surface area contributed by atoms with Crippen molar-refractivity contribution in [2.45, 2.75) is 98.2 Å². The van der Waals surface area contributed by atoms with Crippen LogP contribution in [0.3, 0.4) is 0 Å². The van der Waals surface area contributed by atoms with Crippen LogP contribution >= 0.6 is 0 Å². The van der Waals surface area contributed by atoms with Crippen LogP contribution in [0.4, 0.5) is 0 Å². The highest BCUT2D eigenvalue weighted by atomic mass is 16.3. The summed E-state index contributed by atoms with van der Waals surface area (Å²) in [5, 5.41) is 30.9. The zero-order chi connectivity index (χ0) is 23.0. The Hall–Kier alpha value is -0.970. The second kappa shape index (κ2) is 9.49. The Kier molecular flexibility index (Phi) is 7.55. The summed E-state index contributed by atoms with van der Waals surface area (Å²) < 4.78 is 0. The standard InChI is InChI=1S/C27H44O4/c1-17(2)6-11-24(30)18(3)22-9-10-23(27(22,5)14-15-28)21-8-7-19-16-20(29)12-13-26(19,4)25(21)31/h6-7,18,20-24,28-30H,8-16H2,1-5H3. The smallest absolute Gasteiger partial charge is 0.146 e. The lowest BCUT2D eigenvalue weighted by Gasteiger charge is -2.48. The Morgan fingerprint density at radius 3 is 2.61 bits per heavy atom. The summed E-state index contributed by atoms with van der Waals surface area (Å²) in [6.45, 7) is 10.7. The first kappa shape index (κ1) is 24.7. The molecule has 0 aliphatic heterocycles. The van der Waals surface area contributed by atoms with Crippen molar-refractivity contribution in [1.82, 2.24) is 0 Å². The van der Waals surface area contributed by atoms with E-state index < -0.39 is 11.5 Å². The molecule has 4 heteroatoms. The van der Waals surface area contributed by atoms with Gasteiger partial charge in [0.1, 0.15) is 5.78 Å². The van der Waals surface area contributed by atoms with Crippen LogP contribution in [0.15, 0.2) is 23.3 Å². The van der Waals surface area contributed by atoms with Crippen LogP contribution in [0.1, 0.15) is 86.0 Å². The first-order chi connectivity index (χ1) is 14.5. The minimum absolute atomic E-state index is 0.0207. The number of allylic oxidation sites excluding steroid dienone is 2. The maximum atomic E-state index is 13.8. The molecule has 3 N–H and O–H groups in total. The molecule has 8 atom stereocenters. The predicted molar refractivity (Wildman–Crippen MR) is 124 cm³/mol. The minimum atomic E-state index is -0.436.